The van der Waals surface area contributed by atoms with Crippen LogP contribution in [0.15, 0.2) is 17.3 Å². The number of Topliss-reactive ketones (excluding diaryl/α,β-unsaturated/α-hetero) is 1. The third-order valence-corrected chi connectivity index (χ3v) is 9.60. The molecular weight excluding hydrogens is 630 g/mol. The molecule has 4 atom stereocenters. The number of halogens is 1. The molecule has 0 aromatic heterocycles. The van der Waals surface area contributed by atoms with Crippen LogP contribution in [0.4, 0.5) is 0 Å². The van der Waals surface area contributed by atoms with Gasteiger partial charge in [-0.3, -0.25) is 24.0 Å². The summed E-state index contributed by atoms with van der Waals surface area (Å²) in [5.74, 6) is -1.79. The second-order valence-corrected chi connectivity index (χ2v) is 14.5. The molecule has 14 heteroatoms. The van der Waals surface area contributed by atoms with Gasteiger partial charge in [0, 0.05) is 37.4 Å². The van der Waals surface area contributed by atoms with Crippen molar-refractivity contribution >= 4 is 46.7 Å². The number of oxime groups is 1. The van der Waals surface area contributed by atoms with Gasteiger partial charge >= 0.3 is 0 Å². The standard InChI is InChI=1S/C33H44ClN5O8/c1-32(2,3)27(37-28(41)18-9-10-18)31(44)39-16-33(14-22(38-47-33)19-12-20(34)25(46-6)13-24(19)45-5)15-23(39)29(42)36-21(11-17-7-8-17)26(40)30(43)35-4/h12-13,17-18,21,23,27H,7-11,14-16H2,1-6H3,(H,35,43)(H,36,42)(H,37,41)/t21-,23-,27+,33+/m0/s1. The van der Waals surface area contributed by atoms with Gasteiger partial charge in [0.1, 0.15) is 23.6 Å². The number of methoxy groups -OCH3 is 2. The normalized spacial score (nSPS) is 23.3. The average molecular weight is 674 g/mol. The summed E-state index contributed by atoms with van der Waals surface area (Å²) in [6.07, 6.45) is 3.95. The molecule has 0 radical (unpaired) electrons. The minimum atomic E-state index is -1.09. The van der Waals surface area contributed by atoms with E-state index in [2.05, 4.69) is 21.1 Å². The maximum atomic E-state index is 14.4. The number of likely N-dealkylation sites (tertiary alicyclic amines) is 1. The summed E-state index contributed by atoms with van der Waals surface area (Å²) in [6, 6.07) is 0.265. The smallest absolute Gasteiger partial charge is 0.289 e. The lowest BCUT2D eigenvalue weighted by Gasteiger charge is -2.35. The van der Waals surface area contributed by atoms with Crippen molar-refractivity contribution in [3.8, 4) is 11.5 Å². The monoisotopic (exact) mass is 673 g/mol. The molecule has 3 N–H and O–H groups in total. The second-order valence-electron chi connectivity index (χ2n) is 14.1. The highest BCUT2D eigenvalue weighted by Crippen LogP contribution is 2.43. The number of rotatable bonds is 12. The van der Waals surface area contributed by atoms with Crippen LogP contribution in [0.25, 0.3) is 0 Å². The molecule has 47 heavy (non-hydrogen) atoms. The van der Waals surface area contributed by atoms with Crippen LogP contribution >= 0.6 is 11.6 Å². The van der Waals surface area contributed by atoms with Crippen molar-refractivity contribution in [3.63, 3.8) is 0 Å². The van der Waals surface area contributed by atoms with Gasteiger partial charge in [0.2, 0.25) is 23.5 Å². The fraction of sp³-hybridized carbons (Fsp3) is 0.636. The van der Waals surface area contributed by atoms with Gasteiger partial charge in [-0.2, -0.15) is 0 Å². The molecule has 0 bridgehead atoms. The first kappa shape index (κ1) is 34.5. The van der Waals surface area contributed by atoms with E-state index in [1.165, 1.54) is 26.2 Å². The molecule has 1 saturated heterocycles. The van der Waals surface area contributed by atoms with E-state index in [9.17, 15) is 24.0 Å². The highest BCUT2D eigenvalue weighted by atomic mass is 35.5. The van der Waals surface area contributed by atoms with Gasteiger partial charge in [-0.05, 0) is 36.7 Å². The van der Waals surface area contributed by atoms with E-state index >= 15 is 0 Å². The Kier molecular flexibility index (Phi) is 9.77. The van der Waals surface area contributed by atoms with E-state index in [0.717, 1.165) is 25.7 Å². The summed E-state index contributed by atoms with van der Waals surface area (Å²) in [7, 11) is 4.37. The van der Waals surface area contributed by atoms with Crippen LogP contribution in [0.3, 0.4) is 0 Å². The van der Waals surface area contributed by atoms with E-state index in [-0.39, 0.29) is 37.1 Å². The number of nitrogens with zero attached hydrogens (tertiary/aromatic N) is 2. The predicted octanol–water partition coefficient (Wildman–Crippen LogP) is 2.36. The number of benzene rings is 1. The van der Waals surface area contributed by atoms with Crippen LogP contribution in [0, 0.1) is 17.3 Å². The number of ketones is 1. The second kappa shape index (κ2) is 13.3. The molecule has 256 valence electrons. The number of amides is 4. The largest absolute Gasteiger partial charge is 0.496 e. The zero-order valence-corrected chi connectivity index (χ0v) is 28.5. The van der Waals surface area contributed by atoms with E-state index in [0.29, 0.717) is 34.2 Å². The van der Waals surface area contributed by atoms with Crippen LogP contribution in [-0.2, 0) is 28.8 Å². The molecule has 2 aliphatic carbocycles. The van der Waals surface area contributed by atoms with E-state index < -0.39 is 52.6 Å². The number of hydrogen-bond acceptors (Lipinski definition) is 9. The lowest BCUT2D eigenvalue weighted by atomic mass is 9.85. The predicted molar refractivity (Wildman–Crippen MR) is 172 cm³/mol. The molecule has 0 unspecified atom stereocenters. The maximum Gasteiger partial charge on any atom is 0.289 e. The Hall–Kier alpha value is -3.87. The lowest BCUT2D eigenvalue weighted by molar-refractivity contribution is -0.145. The van der Waals surface area contributed by atoms with Gasteiger partial charge in [0.15, 0.2) is 5.60 Å². The Morgan fingerprint density at radius 2 is 1.72 bits per heavy atom. The molecule has 3 fully saturated rings. The van der Waals surface area contributed by atoms with Crippen molar-refractivity contribution in [3.05, 3.63) is 22.7 Å². The Morgan fingerprint density at radius 3 is 2.30 bits per heavy atom. The van der Waals surface area contributed by atoms with Gasteiger partial charge in [0.05, 0.1) is 37.5 Å². The molecule has 1 aromatic rings. The Labute approximate surface area is 279 Å². The first-order valence-corrected chi connectivity index (χ1v) is 16.4. The summed E-state index contributed by atoms with van der Waals surface area (Å²) in [6.45, 7) is 5.55. The van der Waals surface area contributed by atoms with Crippen molar-refractivity contribution in [2.24, 2.45) is 22.4 Å². The van der Waals surface area contributed by atoms with Crippen molar-refractivity contribution in [2.75, 3.05) is 27.8 Å². The molecule has 4 amide bonds. The number of ether oxygens (including phenoxy) is 2. The molecule has 2 heterocycles. The van der Waals surface area contributed by atoms with Crippen molar-refractivity contribution in [2.45, 2.75) is 89.4 Å². The maximum absolute atomic E-state index is 14.4. The summed E-state index contributed by atoms with van der Waals surface area (Å²) in [5.41, 5.74) is -0.695. The molecule has 2 aliphatic heterocycles. The van der Waals surface area contributed by atoms with Gasteiger partial charge in [-0.25, -0.2) is 0 Å². The van der Waals surface area contributed by atoms with E-state index in [1.54, 1.807) is 12.1 Å². The highest BCUT2D eigenvalue weighted by molar-refractivity contribution is 6.38. The zero-order valence-electron chi connectivity index (χ0n) is 27.7. The summed E-state index contributed by atoms with van der Waals surface area (Å²) in [5, 5.41) is 12.8. The molecule has 2 saturated carbocycles. The van der Waals surface area contributed by atoms with Crippen molar-refractivity contribution in [1.29, 1.82) is 0 Å². The SMILES string of the molecule is CNC(=O)C(=O)[C@H](CC1CC1)NC(=O)[C@@H]1C[C@]2(CC(c3cc(Cl)c(OC)cc3OC)=NO2)CN1C(=O)[C@@H](NC(=O)C1CC1)C(C)(C)C. The molecule has 5 rings (SSSR count). The van der Waals surface area contributed by atoms with Gasteiger partial charge in [0.25, 0.3) is 5.91 Å². The van der Waals surface area contributed by atoms with Crippen LogP contribution < -0.4 is 25.4 Å². The van der Waals surface area contributed by atoms with Gasteiger partial charge in [-0.15, -0.1) is 0 Å². The lowest BCUT2D eigenvalue weighted by Crippen LogP contribution is -2.59. The number of carbonyl (C=O) groups excluding carboxylic acids is 5. The highest BCUT2D eigenvalue weighted by Gasteiger charge is 2.56. The zero-order chi connectivity index (χ0) is 34.3. The summed E-state index contributed by atoms with van der Waals surface area (Å²) < 4.78 is 10.9. The van der Waals surface area contributed by atoms with Crippen LogP contribution in [-0.4, -0.2) is 91.6 Å². The molecule has 1 spiro atoms. The molecular formula is C33H44ClN5O8. The summed E-state index contributed by atoms with van der Waals surface area (Å²) >= 11 is 6.44. The third kappa shape index (κ3) is 7.50. The van der Waals surface area contributed by atoms with Crippen LogP contribution in [0.5, 0.6) is 11.5 Å². The molecule has 1 aromatic carbocycles. The fourth-order valence-corrected chi connectivity index (χ4v) is 6.49. The fourth-order valence-electron chi connectivity index (χ4n) is 6.25. The number of nitrogens with one attached hydrogen (secondary N) is 3. The van der Waals surface area contributed by atoms with E-state index in [1.807, 2.05) is 20.8 Å². The first-order valence-electron chi connectivity index (χ1n) is 16.0. The number of hydrogen-bond donors (Lipinski definition) is 3. The minimum absolute atomic E-state index is 0.00825. The van der Waals surface area contributed by atoms with Gasteiger partial charge in [-0.1, -0.05) is 50.4 Å². The minimum Gasteiger partial charge on any atom is -0.496 e. The average Bonchev–Trinajstić information content (AvgIpc) is 3.98. The van der Waals surface area contributed by atoms with Gasteiger partial charge < -0.3 is 35.2 Å². The van der Waals surface area contributed by atoms with Crippen molar-refractivity contribution in [1.82, 2.24) is 20.9 Å². The molecule has 13 nitrogen and oxygen atoms in total. The Balaban J connectivity index is 1.44. The van der Waals surface area contributed by atoms with E-state index in [4.69, 9.17) is 25.9 Å². The molecule has 4 aliphatic rings. The first-order chi connectivity index (χ1) is 22.2. The van der Waals surface area contributed by atoms with Crippen LogP contribution in [0.1, 0.15) is 71.3 Å². The Morgan fingerprint density at radius 1 is 1.04 bits per heavy atom. The third-order valence-electron chi connectivity index (χ3n) is 9.31. The van der Waals surface area contributed by atoms with Crippen LogP contribution in [0.2, 0.25) is 5.02 Å². The topological polar surface area (TPSA) is 165 Å². The number of likely N-dealkylation sites (N-methyl/N-ethyl adjacent to an activating group) is 1. The summed E-state index contributed by atoms with van der Waals surface area (Å²) in [4.78, 5) is 74.2. The quantitative estimate of drug-likeness (QED) is 0.285. The van der Waals surface area contributed by atoms with Crippen molar-refractivity contribution < 1.29 is 38.3 Å². The Bertz CT molecular complexity index is 1480. The number of carbonyl (C=O) groups is 5.